The molecule has 1 aromatic carbocycles. The summed E-state index contributed by atoms with van der Waals surface area (Å²) in [5.74, 6) is -0.621. The summed E-state index contributed by atoms with van der Waals surface area (Å²) in [5.41, 5.74) is 1.89. The van der Waals surface area contributed by atoms with Crippen LogP contribution >= 0.6 is 23.2 Å². The van der Waals surface area contributed by atoms with E-state index >= 15 is 0 Å². The highest BCUT2D eigenvalue weighted by atomic mass is 35.5. The molecule has 7 nitrogen and oxygen atoms in total. The molecular weight excluding hydrogens is 396 g/mol. The Morgan fingerprint density at radius 2 is 2.07 bits per heavy atom. The van der Waals surface area contributed by atoms with Gasteiger partial charge >= 0.3 is 5.69 Å². The van der Waals surface area contributed by atoms with Crippen molar-refractivity contribution < 1.29 is 9.23 Å². The molecule has 0 saturated carbocycles. The smallest absolute Gasteiger partial charge is 0.360 e. The molecule has 1 unspecified atom stereocenters. The Bertz CT molecular complexity index is 1190. The molecule has 0 bridgehead atoms. The van der Waals surface area contributed by atoms with E-state index in [0.29, 0.717) is 16.9 Å². The van der Waals surface area contributed by atoms with Crippen LogP contribution in [0.4, 0.5) is 4.39 Å². The summed E-state index contributed by atoms with van der Waals surface area (Å²) in [5, 5.41) is 6.67. The van der Waals surface area contributed by atoms with Crippen LogP contribution in [0.5, 0.6) is 0 Å². The van der Waals surface area contributed by atoms with Gasteiger partial charge in [-0.05, 0) is 31.2 Å². The van der Waals surface area contributed by atoms with Gasteiger partial charge in [0.1, 0.15) is 11.3 Å². The van der Waals surface area contributed by atoms with Crippen molar-refractivity contribution in [3.8, 4) is 11.3 Å². The van der Waals surface area contributed by atoms with Gasteiger partial charge in [0.25, 0.3) is 0 Å². The molecule has 0 aliphatic heterocycles. The zero-order valence-electron chi connectivity index (χ0n) is 13.8. The summed E-state index contributed by atoms with van der Waals surface area (Å²) >= 11 is 12.1. The molecule has 2 N–H and O–H groups in total. The fraction of sp³-hybridized carbons (Fsp3) is 0.118. The van der Waals surface area contributed by atoms with Gasteiger partial charge in [0.2, 0.25) is 0 Å². The summed E-state index contributed by atoms with van der Waals surface area (Å²) in [4.78, 5) is 25.1. The Morgan fingerprint density at radius 3 is 2.81 bits per heavy atom. The number of halogens is 3. The molecule has 27 heavy (non-hydrogen) atoms. The van der Waals surface area contributed by atoms with E-state index < -0.39 is 17.6 Å². The number of rotatable bonds is 4. The number of pyridine rings is 1. The van der Waals surface area contributed by atoms with Crippen LogP contribution in [-0.4, -0.2) is 24.9 Å². The highest BCUT2D eigenvalue weighted by Gasteiger charge is 2.21. The summed E-state index contributed by atoms with van der Waals surface area (Å²) < 4.78 is 14.8. The zero-order chi connectivity index (χ0) is 19.1. The molecular formula is C17H12Cl2FN5O2. The molecule has 3 aromatic heterocycles. The van der Waals surface area contributed by atoms with Crippen LogP contribution in [0.2, 0.25) is 10.0 Å². The predicted octanol–water partition coefficient (Wildman–Crippen LogP) is 3.75. The number of H-pyrrole nitrogens is 2. The number of fused-ring (bicyclic) bond motifs is 1. The van der Waals surface area contributed by atoms with E-state index in [-0.39, 0.29) is 15.6 Å². The lowest BCUT2D eigenvalue weighted by atomic mass is 10.1. The summed E-state index contributed by atoms with van der Waals surface area (Å²) in [6.07, 6.45) is 2.52. The molecule has 3 heterocycles. The molecule has 0 amide bonds. The third kappa shape index (κ3) is 3.07. The Morgan fingerprint density at radius 1 is 1.26 bits per heavy atom. The van der Waals surface area contributed by atoms with Gasteiger partial charge in [0.15, 0.2) is 11.8 Å². The van der Waals surface area contributed by atoms with Crippen LogP contribution in [0.1, 0.15) is 18.6 Å². The molecule has 0 aliphatic rings. The topological polar surface area (TPSA) is 88.6 Å². The van der Waals surface area contributed by atoms with Crippen LogP contribution in [0.15, 0.2) is 41.5 Å². The van der Waals surface area contributed by atoms with Gasteiger partial charge in [0, 0.05) is 22.3 Å². The second-order valence-corrected chi connectivity index (χ2v) is 6.57. The van der Waals surface area contributed by atoms with Crippen molar-refractivity contribution in [3.05, 3.63) is 68.6 Å². The maximum atomic E-state index is 13.8. The first-order chi connectivity index (χ1) is 13.0. The van der Waals surface area contributed by atoms with Crippen LogP contribution < -0.4 is 10.5 Å². The van der Waals surface area contributed by atoms with Crippen molar-refractivity contribution in [1.82, 2.24) is 24.9 Å². The van der Waals surface area contributed by atoms with Gasteiger partial charge in [-0.25, -0.2) is 14.2 Å². The fourth-order valence-corrected chi connectivity index (χ4v) is 3.43. The number of nitrogens with one attached hydrogen (secondary N) is 2. The fourth-order valence-electron chi connectivity index (χ4n) is 2.75. The molecule has 0 saturated heterocycles. The monoisotopic (exact) mass is 407 g/mol. The molecule has 0 aliphatic carbocycles. The maximum Gasteiger partial charge on any atom is 0.360 e. The largest absolute Gasteiger partial charge is 0.401 e. The third-order valence-electron chi connectivity index (χ3n) is 4.05. The molecule has 4 aromatic rings. The summed E-state index contributed by atoms with van der Waals surface area (Å²) in [6.45, 7) is 1.62. The van der Waals surface area contributed by atoms with Crippen LogP contribution in [0.3, 0.4) is 0 Å². The third-order valence-corrected chi connectivity index (χ3v) is 4.76. The van der Waals surface area contributed by atoms with Gasteiger partial charge in [-0.15, -0.1) is 4.73 Å². The Labute approximate surface area is 161 Å². The van der Waals surface area contributed by atoms with E-state index in [1.54, 1.807) is 31.5 Å². The van der Waals surface area contributed by atoms with Gasteiger partial charge in [-0.3, -0.25) is 10.1 Å². The van der Waals surface area contributed by atoms with E-state index in [2.05, 4.69) is 20.2 Å². The van der Waals surface area contributed by atoms with E-state index in [9.17, 15) is 9.18 Å². The van der Waals surface area contributed by atoms with Gasteiger partial charge in [-0.1, -0.05) is 23.2 Å². The SMILES string of the molecule is CC(On1c(=O)[nH]c2nc(-c3cn[nH]c3)ccc21)c1c(Cl)ccc(F)c1Cl. The number of hydrogen-bond donors (Lipinski definition) is 2. The van der Waals surface area contributed by atoms with Gasteiger partial charge < -0.3 is 4.84 Å². The molecule has 0 radical (unpaired) electrons. The Balaban J connectivity index is 1.73. The lowest BCUT2D eigenvalue weighted by Crippen LogP contribution is -2.26. The number of hydrogen-bond acceptors (Lipinski definition) is 4. The molecule has 0 spiro atoms. The second kappa shape index (κ2) is 6.71. The number of imidazole rings is 1. The van der Waals surface area contributed by atoms with Crippen LogP contribution in [0, 0.1) is 5.82 Å². The minimum atomic E-state index is -0.786. The van der Waals surface area contributed by atoms with Crippen molar-refractivity contribution in [2.24, 2.45) is 0 Å². The predicted molar refractivity (Wildman–Crippen MR) is 99.4 cm³/mol. The molecule has 0 fully saturated rings. The average molecular weight is 408 g/mol. The van der Waals surface area contributed by atoms with Crippen molar-refractivity contribution in [2.75, 3.05) is 0 Å². The van der Waals surface area contributed by atoms with E-state index in [4.69, 9.17) is 28.0 Å². The van der Waals surface area contributed by atoms with Crippen LogP contribution in [0.25, 0.3) is 22.4 Å². The molecule has 10 heteroatoms. The van der Waals surface area contributed by atoms with E-state index in [0.717, 1.165) is 10.3 Å². The van der Waals surface area contributed by atoms with E-state index in [1.807, 2.05) is 0 Å². The maximum absolute atomic E-state index is 13.8. The molecule has 138 valence electrons. The first-order valence-corrected chi connectivity index (χ1v) is 8.62. The Hall–Kier alpha value is -2.84. The lowest BCUT2D eigenvalue weighted by Gasteiger charge is -2.17. The first kappa shape index (κ1) is 17.6. The second-order valence-electron chi connectivity index (χ2n) is 5.78. The van der Waals surface area contributed by atoms with Crippen molar-refractivity contribution in [2.45, 2.75) is 13.0 Å². The number of benzene rings is 1. The van der Waals surface area contributed by atoms with E-state index in [1.165, 1.54) is 12.1 Å². The summed E-state index contributed by atoms with van der Waals surface area (Å²) in [7, 11) is 0. The van der Waals surface area contributed by atoms with Crippen molar-refractivity contribution in [1.29, 1.82) is 0 Å². The van der Waals surface area contributed by atoms with Crippen LogP contribution in [-0.2, 0) is 0 Å². The first-order valence-electron chi connectivity index (χ1n) is 7.87. The molecule has 4 rings (SSSR count). The number of aromatic nitrogens is 5. The lowest BCUT2D eigenvalue weighted by molar-refractivity contribution is 0.0492. The quantitative estimate of drug-likeness (QED) is 0.504. The van der Waals surface area contributed by atoms with Gasteiger partial charge in [0.05, 0.1) is 16.9 Å². The van der Waals surface area contributed by atoms with Crippen molar-refractivity contribution in [3.63, 3.8) is 0 Å². The number of nitrogens with zero attached hydrogens (tertiary/aromatic N) is 3. The standard InChI is InChI=1S/C17H12Cl2FN5O2/c1-8(14-10(18)2-3-11(20)15(14)19)27-25-13-5-4-12(9-6-21-22-7-9)23-16(13)24-17(25)26/h2-8H,1H3,(H,21,22)(H,23,24,26). The summed E-state index contributed by atoms with van der Waals surface area (Å²) in [6, 6.07) is 5.96. The highest BCUT2D eigenvalue weighted by molar-refractivity contribution is 6.36. The normalized spacial score (nSPS) is 12.4. The molecule has 1 atom stereocenters. The minimum Gasteiger partial charge on any atom is -0.401 e. The minimum absolute atomic E-state index is 0.150. The Kier molecular flexibility index (Phi) is 4.37. The average Bonchev–Trinajstić information content (AvgIpc) is 3.27. The number of aromatic amines is 2. The van der Waals surface area contributed by atoms with Gasteiger partial charge in [-0.2, -0.15) is 5.10 Å². The zero-order valence-corrected chi connectivity index (χ0v) is 15.3. The van der Waals surface area contributed by atoms with Crippen molar-refractivity contribution >= 4 is 34.4 Å². The highest BCUT2D eigenvalue weighted by Crippen LogP contribution is 2.33.